The molecule has 1 unspecified atom stereocenters. The first kappa shape index (κ1) is 24.6. The summed E-state index contributed by atoms with van der Waals surface area (Å²) in [7, 11) is 0. The fraction of sp³-hybridized carbons (Fsp3) is 0.950. The summed E-state index contributed by atoms with van der Waals surface area (Å²) >= 11 is 1.98. The molecule has 0 rings (SSSR count). The highest BCUT2D eigenvalue weighted by molar-refractivity contribution is 7.99. The average molecular weight is 375 g/mol. The van der Waals surface area contributed by atoms with Crippen molar-refractivity contribution in [3.8, 4) is 0 Å². The third kappa shape index (κ3) is 19.7. The molecule has 0 aromatic carbocycles. The van der Waals surface area contributed by atoms with Gasteiger partial charge in [0.15, 0.2) is 0 Å². The van der Waals surface area contributed by atoms with E-state index in [0.717, 1.165) is 38.1 Å². The molecular weight excluding hydrogens is 332 g/mol. The van der Waals surface area contributed by atoms with Crippen molar-refractivity contribution < 1.29 is 9.90 Å². The average Bonchev–Trinajstić information content (AvgIpc) is 2.61. The van der Waals surface area contributed by atoms with Gasteiger partial charge in [0, 0.05) is 19.7 Å². The molecular formula is C20H42N2O2S. The second kappa shape index (κ2) is 19.9. The van der Waals surface area contributed by atoms with Gasteiger partial charge in [-0.05, 0) is 36.7 Å². The largest absolute Gasteiger partial charge is 0.396 e. The summed E-state index contributed by atoms with van der Waals surface area (Å²) in [6, 6.07) is -0.0163. The molecule has 0 heterocycles. The van der Waals surface area contributed by atoms with Gasteiger partial charge in [-0.2, -0.15) is 11.8 Å². The molecule has 2 amide bonds. The number of hydrogen-bond donors (Lipinski definition) is 3. The molecule has 1 atom stereocenters. The van der Waals surface area contributed by atoms with Crippen molar-refractivity contribution in [3.05, 3.63) is 0 Å². The van der Waals surface area contributed by atoms with Gasteiger partial charge in [-0.1, -0.05) is 65.2 Å². The molecule has 3 N–H and O–H groups in total. The van der Waals surface area contributed by atoms with Crippen LogP contribution in [0, 0.1) is 5.92 Å². The maximum atomic E-state index is 11.4. The van der Waals surface area contributed by atoms with Crippen LogP contribution < -0.4 is 10.6 Å². The van der Waals surface area contributed by atoms with Gasteiger partial charge in [0.2, 0.25) is 0 Å². The molecule has 0 bridgehead atoms. The van der Waals surface area contributed by atoms with Crippen molar-refractivity contribution >= 4 is 17.8 Å². The minimum absolute atomic E-state index is 0.0163. The third-order valence-corrected chi connectivity index (χ3v) is 5.66. The zero-order valence-corrected chi connectivity index (χ0v) is 17.5. The van der Waals surface area contributed by atoms with E-state index in [0.29, 0.717) is 12.5 Å². The van der Waals surface area contributed by atoms with Crippen molar-refractivity contribution in [1.29, 1.82) is 0 Å². The summed E-state index contributed by atoms with van der Waals surface area (Å²) < 4.78 is 0. The van der Waals surface area contributed by atoms with Crippen LogP contribution in [-0.2, 0) is 0 Å². The molecule has 150 valence electrons. The predicted molar refractivity (Wildman–Crippen MR) is 111 cm³/mol. The van der Waals surface area contributed by atoms with E-state index >= 15 is 0 Å². The van der Waals surface area contributed by atoms with E-state index in [1.165, 1.54) is 57.1 Å². The first-order valence-corrected chi connectivity index (χ1v) is 11.6. The lowest BCUT2D eigenvalue weighted by Crippen LogP contribution is -2.36. The van der Waals surface area contributed by atoms with Gasteiger partial charge in [-0.3, -0.25) is 0 Å². The van der Waals surface area contributed by atoms with Crippen LogP contribution in [0.3, 0.4) is 0 Å². The van der Waals surface area contributed by atoms with Crippen molar-refractivity contribution in [2.24, 2.45) is 5.92 Å². The Morgan fingerprint density at radius 1 is 0.880 bits per heavy atom. The minimum atomic E-state index is -0.0163. The molecule has 0 aromatic heterocycles. The van der Waals surface area contributed by atoms with E-state index in [1.54, 1.807) is 0 Å². The lowest BCUT2D eigenvalue weighted by Gasteiger charge is -2.07. The number of hydrogen-bond acceptors (Lipinski definition) is 3. The summed E-state index contributed by atoms with van der Waals surface area (Å²) in [6.07, 6.45) is 13.8. The van der Waals surface area contributed by atoms with E-state index in [1.807, 2.05) is 11.8 Å². The number of aliphatic hydroxyl groups excluding tert-OH is 1. The molecule has 4 nitrogen and oxygen atoms in total. The monoisotopic (exact) mass is 374 g/mol. The number of carbonyl (C=O) groups excluding carboxylic acids is 1. The number of thioether (sulfide) groups is 1. The zero-order valence-electron chi connectivity index (χ0n) is 16.7. The Kier molecular flexibility index (Phi) is 19.6. The Hall–Kier alpha value is -0.420. The molecule has 0 aliphatic carbocycles. The van der Waals surface area contributed by atoms with Gasteiger partial charge in [-0.15, -0.1) is 0 Å². The number of amides is 2. The minimum Gasteiger partial charge on any atom is -0.396 e. The Balaban J connectivity index is 3.10. The van der Waals surface area contributed by atoms with Crippen LogP contribution in [0.1, 0.15) is 84.5 Å². The third-order valence-electron chi connectivity index (χ3n) is 4.28. The molecule has 0 aromatic rings. The fourth-order valence-corrected chi connectivity index (χ4v) is 3.63. The van der Waals surface area contributed by atoms with Crippen molar-refractivity contribution in [2.45, 2.75) is 84.5 Å². The Morgan fingerprint density at radius 2 is 1.40 bits per heavy atom. The highest BCUT2D eigenvalue weighted by Crippen LogP contribution is 2.13. The highest BCUT2D eigenvalue weighted by atomic mass is 32.2. The summed E-state index contributed by atoms with van der Waals surface area (Å²) in [5.41, 5.74) is 0. The van der Waals surface area contributed by atoms with Crippen LogP contribution in [0.2, 0.25) is 0 Å². The van der Waals surface area contributed by atoms with Gasteiger partial charge in [0.1, 0.15) is 0 Å². The van der Waals surface area contributed by atoms with Crippen LogP contribution in [0.25, 0.3) is 0 Å². The Morgan fingerprint density at radius 3 is 1.96 bits per heavy atom. The number of rotatable bonds is 18. The molecule has 0 radical (unpaired) electrons. The number of carbonyl (C=O) groups is 1. The molecule has 0 aliphatic rings. The topological polar surface area (TPSA) is 61.4 Å². The van der Waals surface area contributed by atoms with Gasteiger partial charge >= 0.3 is 6.03 Å². The van der Waals surface area contributed by atoms with Gasteiger partial charge < -0.3 is 15.7 Å². The second-order valence-electron chi connectivity index (χ2n) is 7.08. The van der Waals surface area contributed by atoms with Crippen molar-refractivity contribution in [1.82, 2.24) is 10.6 Å². The summed E-state index contributed by atoms with van der Waals surface area (Å²) in [5.74, 6) is 2.77. The molecule has 0 aliphatic heterocycles. The number of unbranched alkanes of at least 4 members (excludes halogenated alkanes) is 9. The van der Waals surface area contributed by atoms with Gasteiger partial charge in [-0.25, -0.2) is 4.79 Å². The van der Waals surface area contributed by atoms with E-state index in [4.69, 9.17) is 5.11 Å². The molecule has 5 heteroatoms. The smallest absolute Gasteiger partial charge is 0.314 e. The first-order chi connectivity index (χ1) is 12.2. The first-order valence-electron chi connectivity index (χ1n) is 10.4. The van der Waals surface area contributed by atoms with E-state index < -0.39 is 0 Å². The zero-order chi connectivity index (χ0) is 18.6. The fourth-order valence-electron chi connectivity index (χ4n) is 2.55. The normalized spacial score (nSPS) is 12.1. The summed E-state index contributed by atoms with van der Waals surface area (Å²) in [5, 5.41) is 14.7. The van der Waals surface area contributed by atoms with Crippen LogP contribution >= 0.6 is 11.8 Å². The lowest BCUT2D eigenvalue weighted by atomic mass is 10.1. The molecule has 0 saturated heterocycles. The SMILES string of the molecule is CCCCNC(=O)NCCCCCCCCCCCSCC(C)CO. The lowest BCUT2D eigenvalue weighted by molar-refractivity contribution is 0.240. The van der Waals surface area contributed by atoms with Crippen molar-refractivity contribution in [2.75, 3.05) is 31.2 Å². The number of nitrogens with one attached hydrogen (secondary N) is 2. The standard InChI is InChI=1S/C20H42N2O2S/c1-3-4-14-21-20(24)22-15-12-10-8-6-5-7-9-11-13-16-25-18-19(2)17-23/h19,23H,3-18H2,1-2H3,(H2,21,22,24). The quantitative estimate of drug-likeness (QED) is 0.297. The second-order valence-corrected chi connectivity index (χ2v) is 8.23. The molecule has 0 fully saturated rings. The van der Waals surface area contributed by atoms with Crippen molar-refractivity contribution in [3.63, 3.8) is 0 Å². The summed E-state index contributed by atoms with van der Waals surface area (Å²) in [4.78, 5) is 11.4. The molecule has 0 saturated carbocycles. The van der Waals surface area contributed by atoms with E-state index in [9.17, 15) is 4.79 Å². The maximum Gasteiger partial charge on any atom is 0.314 e. The van der Waals surface area contributed by atoms with E-state index in [2.05, 4.69) is 24.5 Å². The molecule has 0 spiro atoms. The highest BCUT2D eigenvalue weighted by Gasteiger charge is 2.00. The van der Waals surface area contributed by atoms with Crippen LogP contribution in [-0.4, -0.2) is 42.3 Å². The van der Waals surface area contributed by atoms with Crippen LogP contribution in [0.15, 0.2) is 0 Å². The van der Waals surface area contributed by atoms with Crippen LogP contribution in [0.4, 0.5) is 4.79 Å². The summed E-state index contributed by atoms with van der Waals surface area (Å²) in [6.45, 7) is 6.12. The maximum absolute atomic E-state index is 11.4. The van der Waals surface area contributed by atoms with Crippen LogP contribution in [0.5, 0.6) is 0 Å². The van der Waals surface area contributed by atoms with Gasteiger partial charge in [0.25, 0.3) is 0 Å². The number of urea groups is 1. The molecule has 25 heavy (non-hydrogen) atoms. The number of aliphatic hydroxyl groups is 1. The predicted octanol–water partition coefficient (Wildman–Crippen LogP) is 4.96. The van der Waals surface area contributed by atoms with Gasteiger partial charge in [0.05, 0.1) is 0 Å². The van der Waals surface area contributed by atoms with E-state index in [-0.39, 0.29) is 6.03 Å². The Labute approximate surface area is 160 Å². The Bertz CT molecular complexity index is 291.